The number of carbonyl (C=O) groups excluding carboxylic acids is 1. The molecule has 2 rings (SSSR count). The molecule has 6 heteroatoms. The molecule has 0 amide bonds. The zero-order chi connectivity index (χ0) is 21.4. The van der Waals surface area contributed by atoms with Gasteiger partial charge in [0.15, 0.2) is 18.1 Å². The first-order valence-electron chi connectivity index (χ1n) is 9.39. The summed E-state index contributed by atoms with van der Waals surface area (Å²) in [7, 11) is 3.19. The highest BCUT2D eigenvalue weighted by atomic mass is 19.1. The Balaban J connectivity index is 1.92. The van der Waals surface area contributed by atoms with E-state index in [1.807, 2.05) is 24.6 Å². The fraction of sp³-hybridized carbons (Fsp3) is 0.391. The van der Waals surface area contributed by atoms with Gasteiger partial charge in [0.05, 0.1) is 14.2 Å². The third kappa shape index (κ3) is 7.64. The molecule has 0 saturated carbocycles. The molecule has 0 heterocycles. The molecule has 2 aromatic carbocycles. The van der Waals surface area contributed by atoms with Gasteiger partial charge in [0, 0.05) is 6.07 Å². The second-order valence-electron chi connectivity index (χ2n) is 7.53. The Morgan fingerprint density at radius 1 is 1.03 bits per heavy atom. The van der Waals surface area contributed by atoms with Gasteiger partial charge in [-0.2, -0.15) is 0 Å². The number of hydrogen-bond acceptors (Lipinski definition) is 5. The fourth-order valence-electron chi connectivity index (χ4n) is 2.74. The molecule has 157 valence electrons. The maximum absolute atomic E-state index is 13.9. The molecule has 29 heavy (non-hydrogen) atoms. The van der Waals surface area contributed by atoms with E-state index in [-0.39, 0.29) is 12.4 Å². The van der Waals surface area contributed by atoms with Crippen molar-refractivity contribution in [1.29, 1.82) is 0 Å². The van der Waals surface area contributed by atoms with Crippen molar-refractivity contribution in [2.45, 2.75) is 39.2 Å². The van der Waals surface area contributed by atoms with Gasteiger partial charge in [-0.3, -0.25) is 0 Å². The van der Waals surface area contributed by atoms with Crippen molar-refractivity contribution in [3.63, 3.8) is 0 Å². The zero-order valence-electron chi connectivity index (χ0n) is 17.6. The Kier molecular flexibility index (Phi) is 7.88. The van der Waals surface area contributed by atoms with Crippen molar-refractivity contribution >= 4 is 5.97 Å². The molecule has 2 aromatic rings. The van der Waals surface area contributed by atoms with Crippen molar-refractivity contribution < 1.29 is 28.1 Å². The van der Waals surface area contributed by atoms with Crippen molar-refractivity contribution in [2.75, 3.05) is 20.8 Å². The van der Waals surface area contributed by atoms with Crippen LogP contribution in [-0.4, -0.2) is 32.4 Å². The second kappa shape index (κ2) is 10.1. The maximum atomic E-state index is 13.9. The van der Waals surface area contributed by atoms with E-state index in [9.17, 15) is 9.18 Å². The summed E-state index contributed by atoms with van der Waals surface area (Å²) in [5.74, 6) is 0.712. The average Bonchev–Trinajstić information content (AvgIpc) is 2.64. The summed E-state index contributed by atoms with van der Waals surface area (Å²) in [6.45, 7) is 5.06. The smallest absolute Gasteiger partial charge is 0.344 e. The maximum Gasteiger partial charge on any atom is 0.344 e. The van der Waals surface area contributed by atoms with Gasteiger partial charge < -0.3 is 18.9 Å². The molecule has 0 aliphatic rings. The molecule has 0 unspecified atom stereocenters. The highest BCUT2D eigenvalue weighted by molar-refractivity contribution is 5.71. The first-order valence-corrected chi connectivity index (χ1v) is 9.39. The van der Waals surface area contributed by atoms with E-state index in [1.165, 1.54) is 12.1 Å². The van der Waals surface area contributed by atoms with Crippen LogP contribution in [0, 0.1) is 12.2 Å². The number of aryl methyl sites for hydroxylation is 1. The van der Waals surface area contributed by atoms with E-state index < -0.39 is 17.4 Å². The molecular formula is C23H28FO5. The van der Waals surface area contributed by atoms with E-state index in [0.29, 0.717) is 23.5 Å². The monoisotopic (exact) mass is 403 g/mol. The second-order valence-corrected chi connectivity index (χ2v) is 7.53. The van der Waals surface area contributed by atoms with Crippen LogP contribution in [0.1, 0.15) is 38.3 Å². The number of methoxy groups -OCH3 is 2. The topological polar surface area (TPSA) is 54.0 Å². The van der Waals surface area contributed by atoms with E-state index in [4.69, 9.17) is 18.9 Å². The molecule has 0 fully saturated rings. The van der Waals surface area contributed by atoms with Crippen LogP contribution in [0.3, 0.4) is 0 Å². The number of carbonyl (C=O) groups is 1. The Morgan fingerprint density at radius 2 is 1.76 bits per heavy atom. The molecule has 0 bridgehead atoms. The third-order valence-corrected chi connectivity index (χ3v) is 3.93. The van der Waals surface area contributed by atoms with E-state index in [1.54, 1.807) is 41.1 Å². The minimum atomic E-state index is -0.592. The average molecular weight is 403 g/mol. The van der Waals surface area contributed by atoms with Crippen molar-refractivity contribution in [1.82, 2.24) is 0 Å². The number of hydrogen-bond donors (Lipinski definition) is 0. The van der Waals surface area contributed by atoms with E-state index in [0.717, 1.165) is 12.0 Å². The van der Waals surface area contributed by atoms with Crippen LogP contribution in [0.15, 0.2) is 36.4 Å². The van der Waals surface area contributed by atoms with Gasteiger partial charge in [-0.15, -0.1) is 0 Å². The summed E-state index contributed by atoms with van der Waals surface area (Å²) < 4.78 is 35.0. The van der Waals surface area contributed by atoms with Crippen molar-refractivity contribution in [2.24, 2.45) is 0 Å². The molecule has 1 radical (unpaired) electrons. The van der Waals surface area contributed by atoms with Crippen LogP contribution in [-0.2, 0) is 16.0 Å². The molecule has 0 aliphatic carbocycles. The van der Waals surface area contributed by atoms with Crippen molar-refractivity contribution in [3.8, 4) is 17.2 Å². The summed E-state index contributed by atoms with van der Waals surface area (Å²) in [4.78, 5) is 11.8. The zero-order valence-corrected chi connectivity index (χ0v) is 17.6. The van der Waals surface area contributed by atoms with Gasteiger partial charge in [-0.25, -0.2) is 9.18 Å². The third-order valence-electron chi connectivity index (χ3n) is 3.93. The van der Waals surface area contributed by atoms with Gasteiger partial charge in [-0.1, -0.05) is 6.07 Å². The molecule has 0 spiro atoms. The van der Waals surface area contributed by atoms with Crippen LogP contribution in [0.4, 0.5) is 4.39 Å². The van der Waals surface area contributed by atoms with E-state index in [2.05, 4.69) is 0 Å². The minimum absolute atomic E-state index is 0.272. The number of esters is 1. The predicted molar refractivity (Wildman–Crippen MR) is 109 cm³/mol. The standard InChI is InChI=1S/C23H28FO5/c1-23(2,3)29-22(25)15-28-19-12-17(11-18(24)14-19)8-6-7-16-9-10-20(26-4)21(13-16)27-5/h8-14H,6-7,15H2,1-5H3. The number of rotatable bonds is 9. The fourth-order valence-corrected chi connectivity index (χ4v) is 2.74. The van der Waals surface area contributed by atoms with Crippen LogP contribution < -0.4 is 14.2 Å². The number of benzene rings is 2. The van der Waals surface area contributed by atoms with Crippen LogP contribution in [0.5, 0.6) is 17.2 Å². The lowest BCUT2D eigenvalue weighted by Crippen LogP contribution is -2.27. The summed E-state index contributed by atoms with van der Waals surface area (Å²) in [5.41, 5.74) is 1.17. The lowest BCUT2D eigenvalue weighted by atomic mass is 10.0. The van der Waals surface area contributed by atoms with Gasteiger partial charge in [0.25, 0.3) is 0 Å². The van der Waals surface area contributed by atoms with Crippen LogP contribution in [0.25, 0.3) is 0 Å². The SMILES string of the molecule is COc1ccc(CC[CH]c2cc(F)cc(OCC(=O)OC(C)(C)C)c2)cc1OC. The first-order chi connectivity index (χ1) is 13.7. The molecule has 0 atom stereocenters. The first kappa shape index (κ1) is 22.5. The van der Waals surface area contributed by atoms with Gasteiger partial charge >= 0.3 is 5.97 Å². The Labute approximate surface area is 171 Å². The van der Waals surface area contributed by atoms with Crippen molar-refractivity contribution in [3.05, 3.63) is 59.8 Å². The van der Waals surface area contributed by atoms with Gasteiger partial charge in [0.1, 0.15) is 17.2 Å². The molecule has 0 N–H and O–H groups in total. The lowest BCUT2D eigenvalue weighted by Gasteiger charge is -2.19. The van der Waals surface area contributed by atoms with Crippen LogP contribution in [0.2, 0.25) is 0 Å². The summed E-state index contributed by atoms with van der Waals surface area (Å²) >= 11 is 0. The largest absolute Gasteiger partial charge is 0.493 e. The summed E-state index contributed by atoms with van der Waals surface area (Å²) in [5, 5.41) is 0. The summed E-state index contributed by atoms with van der Waals surface area (Å²) in [6.07, 6.45) is 3.37. The highest BCUT2D eigenvalue weighted by Crippen LogP contribution is 2.28. The van der Waals surface area contributed by atoms with Gasteiger partial charge in [-0.05, 0) is 75.4 Å². The lowest BCUT2D eigenvalue weighted by molar-refractivity contribution is -0.157. The highest BCUT2D eigenvalue weighted by Gasteiger charge is 2.16. The number of ether oxygens (including phenoxy) is 4. The predicted octanol–water partition coefficient (Wildman–Crippen LogP) is 4.75. The summed E-state index contributed by atoms with van der Waals surface area (Å²) in [6, 6.07) is 10.1. The minimum Gasteiger partial charge on any atom is -0.493 e. The Morgan fingerprint density at radius 3 is 2.41 bits per heavy atom. The quantitative estimate of drug-likeness (QED) is 0.566. The molecule has 0 aromatic heterocycles. The molecule has 0 aliphatic heterocycles. The number of halogens is 1. The molecular weight excluding hydrogens is 375 g/mol. The molecule has 5 nitrogen and oxygen atoms in total. The molecule has 0 saturated heterocycles. The van der Waals surface area contributed by atoms with E-state index >= 15 is 0 Å². The van der Waals surface area contributed by atoms with Crippen LogP contribution >= 0.6 is 0 Å². The Bertz CT molecular complexity index is 827. The normalized spacial score (nSPS) is 11.1. The van der Waals surface area contributed by atoms with Gasteiger partial charge in [0.2, 0.25) is 0 Å². The Hall–Kier alpha value is -2.76.